The quantitative estimate of drug-likeness (QED) is 0.824. The van der Waals surface area contributed by atoms with Crippen molar-refractivity contribution in [2.45, 2.75) is 12.3 Å². The SMILES string of the molecule is O=P(O)(CCc1ccccc1)[C@@H](O)c1ccccc1. The monoisotopic (exact) mass is 276 g/mol. The molecule has 0 saturated carbocycles. The van der Waals surface area contributed by atoms with Gasteiger partial charge in [0.1, 0.15) is 0 Å². The highest BCUT2D eigenvalue weighted by Crippen LogP contribution is 2.54. The summed E-state index contributed by atoms with van der Waals surface area (Å²) in [6.07, 6.45) is 0.561. The average molecular weight is 276 g/mol. The molecule has 2 atom stereocenters. The second-order valence-corrected chi connectivity index (χ2v) is 6.95. The van der Waals surface area contributed by atoms with E-state index in [4.69, 9.17) is 0 Å². The van der Waals surface area contributed by atoms with Crippen LogP contribution in [0.25, 0.3) is 0 Å². The Morgan fingerprint density at radius 3 is 2.05 bits per heavy atom. The summed E-state index contributed by atoms with van der Waals surface area (Å²) in [4.78, 5) is 10.0. The number of benzene rings is 2. The molecule has 0 aliphatic rings. The topological polar surface area (TPSA) is 57.5 Å². The number of hydrogen-bond acceptors (Lipinski definition) is 2. The van der Waals surface area contributed by atoms with Gasteiger partial charge in [-0.05, 0) is 17.5 Å². The van der Waals surface area contributed by atoms with Gasteiger partial charge in [-0.3, -0.25) is 4.57 Å². The molecular weight excluding hydrogens is 259 g/mol. The molecule has 0 fully saturated rings. The number of hydrogen-bond donors (Lipinski definition) is 2. The Hall–Kier alpha value is -1.41. The van der Waals surface area contributed by atoms with Gasteiger partial charge in [-0.15, -0.1) is 0 Å². The first kappa shape index (κ1) is 14.0. The second kappa shape index (κ2) is 6.16. The predicted molar refractivity (Wildman–Crippen MR) is 76.2 cm³/mol. The molecule has 0 aliphatic heterocycles. The van der Waals surface area contributed by atoms with E-state index in [1.807, 2.05) is 36.4 Å². The molecule has 0 spiro atoms. The van der Waals surface area contributed by atoms with E-state index in [0.717, 1.165) is 5.56 Å². The molecule has 19 heavy (non-hydrogen) atoms. The van der Waals surface area contributed by atoms with E-state index in [0.29, 0.717) is 12.0 Å². The van der Waals surface area contributed by atoms with E-state index in [1.165, 1.54) is 0 Å². The Morgan fingerprint density at radius 2 is 1.47 bits per heavy atom. The van der Waals surface area contributed by atoms with Crippen molar-refractivity contribution in [1.29, 1.82) is 0 Å². The smallest absolute Gasteiger partial charge is 0.232 e. The lowest BCUT2D eigenvalue weighted by Crippen LogP contribution is -2.04. The normalized spacial score (nSPS) is 15.7. The van der Waals surface area contributed by atoms with Crippen LogP contribution in [-0.4, -0.2) is 16.2 Å². The minimum atomic E-state index is -3.62. The second-order valence-electron chi connectivity index (χ2n) is 4.50. The van der Waals surface area contributed by atoms with Crippen LogP contribution in [0.15, 0.2) is 60.7 Å². The van der Waals surface area contributed by atoms with Crippen LogP contribution in [0.2, 0.25) is 0 Å². The van der Waals surface area contributed by atoms with Gasteiger partial charge in [0.25, 0.3) is 0 Å². The summed E-state index contributed by atoms with van der Waals surface area (Å²) in [6.45, 7) is 0. The number of aliphatic hydroxyl groups excluding tert-OH is 1. The van der Waals surface area contributed by atoms with Crippen molar-refractivity contribution in [2.75, 3.05) is 6.16 Å². The third-order valence-electron chi connectivity index (χ3n) is 3.04. The molecule has 0 heterocycles. The van der Waals surface area contributed by atoms with Gasteiger partial charge in [0, 0.05) is 6.16 Å². The van der Waals surface area contributed by atoms with Gasteiger partial charge in [0.2, 0.25) is 7.37 Å². The maximum Gasteiger partial charge on any atom is 0.232 e. The van der Waals surface area contributed by atoms with Gasteiger partial charge in [-0.25, -0.2) is 0 Å². The third kappa shape index (κ3) is 3.77. The zero-order valence-corrected chi connectivity index (χ0v) is 11.4. The molecular formula is C15H17O3P. The van der Waals surface area contributed by atoms with Crippen molar-refractivity contribution in [2.24, 2.45) is 0 Å². The van der Waals surface area contributed by atoms with Gasteiger partial charge in [0.05, 0.1) is 0 Å². The minimum absolute atomic E-state index is 0.0765. The first-order valence-corrected chi connectivity index (χ1v) is 8.09. The molecule has 2 rings (SSSR count). The Bertz CT molecular complexity index is 554. The molecule has 1 unspecified atom stereocenters. The molecule has 0 aliphatic carbocycles. The van der Waals surface area contributed by atoms with Gasteiger partial charge >= 0.3 is 0 Å². The van der Waals surface area contributed by atoms with E-state index in [9.17, 15) is 14.6 Å². The van der Waals surface area contributed by atoms with Gasteiger partial charge < -0.3 is 10.00 Å². The summed E-state index contributed by atoms with van der Waals surface area (Å²) in [7, 11) is -3.62. The average Bonchev–Trinajstić information content (AvgIpc) is 2.46. The number of rotatable bonds is 5. The molecule has 2 N–H and O–H groups in total. The van der Waals surface area contributed by atoms with Crippen molar-refractivity contribution in [3.63, 3.8) is 0 Å². The van der Waals surface area contributed by atoms with Crippen LogP contribution in [0.1, 0.15) is 17.0 Å². The number of aryl methyl sites for hydroxylation is 1. The van der Waals surface area contributed by atoms with Gasteiger partial charge in [0.15, 0.2) is 5.85 Å². The zero-order valence-electron chi connectivity index (χ0n) is 10.5. The van der Waals surface area contributed by atoms with Gasteiger partial charge in [-0.2, -0.15) is 0 Å². The minimum Gasteiger partial charge on any atom is -0.378 e. The van der Waals surface area contributed by atoms with Gasteiger partial charge in [-0.1, -0.05) is 60.7 Å². The lowest BCUT2D eigenvalue weighted by molar-refractivity contribution is 0.234. The highest BCUT2D eigenvalue weighted by molar-refractivity contribution is 7.58. The van der Waals surface area contributed by atoms with E-state index in [-0.39, 0.29) is 6.16 Å². The molecule has 2 aromatic carbocycles. The van der Waals surface area contributed by atoms with E-state index < -0.39 is 13.2 Å². The molecule has 4 heteroatoms. The predicted octanol–water partition coefficient (Wildman–Crippen LogP) is 3.19. The lowest BCUT2D eigenvalue weighted by atomic mass is 10.2. The molecule has 0 amide bonds. The maximum absolute atomic E-state index is 12.2. The zero-order chi connectivity index (χ0) is 13.7. The van der Waals surface area contributed by atoms with Crippen molar-refractivity contribution in [1.82, 2.24) is 0 Å². The van der Waals surface area contributed by atoms with E-state index in [2.05, 4.69) is 0 Å². The molecule has 0 radical (unpaired) electrons. The van der Waals surface area contributed by atoms with Crippen LogP contribution in [0.4, 0.5) is 0 Å². The summed E-state index contributed by atoms with van der Waals surface area (Å²) in [5, 5.41) is 10.0. The van der Waals surface area contributed by atoms with Crippen LogP contribution in [0.3, 0.4) is 0 Å². The summed E-state index contributed by atoms with van der Waals surface area (Å²) in [5.41, 5.74) is 1.48. The van der Waals surface area contributed by atoms with Crippen LogP contribution >= 0.6 is 7.37 Å². The third-order valence-corrected chi connectivity index (χ3v) is 4.97. The highest BCUT2D eigenvalue weighted by atomic mass is 31.2. The van der Waals surface area contributed by atoms with Crippen LogP contribution in [0.5, 0.6) is 0 Å². The van der Waals surface area contributed by atoms with Crippen LogP contribution in [0, 0.1) is 0 Å². The Morgan fingerprint density at radius 1 is 0.947 bits per heavy atom. The summed E-state index contributed by atoms with van der Waals surface area (Å²) < 4.78 is 12.2. The Labute approximate surface area is 113 Å². The first-order chi connectivity index (χ1) is 9.09. The van der Waals surface area contributed by atoms with Crippen LogP contribution < -0.4 is 0 Å². The fourth-order valence-electron chi connectivity index (χ4n) is 1.91. The Kier molecular flexibility index (Phi) is 4.54. The summed E-state index contributed by atoms with van der Waals surface area (Å²) >= 11 is 0. The fraction of sp³-hybridized carbons (Fsp3) is 0.200. The van der Waals surface area contributed by atoms with Crippen molar-refractivity contribution < 1.29 is 14.6 Å². The molecule has 0 bridgehead atoms. The van der Waals surface area contributed by atoms with Crippen LogP contribution in [-0.2, 0) is 11.0 Å². The maximum atomic E-state index is 12.2. The highest BCUT2D eigenvalue weighted by Gasteiger charge is 2.29. The number of aliphatic hydroxyl groups is 1. The molecule has 0 aromatic heterocycles. The first-order valence-electron chi connectivity index (χ1n) is 6.18. The van der Waals surface area contributed by atoms with Crippen molar-refractivity contribution in [3.8, 4) is 0 Å². The van der Waals surface area contributed by atoms with Crippen molar-refractivity contribution in [3.05, 3.63) is 71.8 Å². The Balaban J connectivity index is 2.04. The molecule has 3 nitrogen and oxygen atoms in total. The lowest BCUT2D eigenvalue weighted by Gasteiger charge is -2.18. The standard InChI is InChI=1S/C15H17O3P/c16-15(14-9-5-2-6-10-14)19(17,18)12-11-13-7-3-1-4-8-13/h1-10,15-16H,11-12H2,(H,17,18)/t15-/m1/s1. The molecule has 100 valence electrons. The molecule has 0 saturated heterocycles. The van der Waals surface area contributed by atoms with E-state index >= 15 is 0 Å². The van der Waals surface area contributed by atoms with E-state index in [1.54, 1.807) is 24.3 Å². The molecule has 2 aromatic rings. The van der Waals surface area contributed by atoms with Crippen molar-refractivity contribution >= 4 is 7.37 Å². The summed E-state index contributed by atoms with van der Waals surface area (Å²) in [5.74, 6) is -1.31. The fourth-order valence-corrected chi connectivity index (χ4v) is 3.38. The summed E-state index contributed by atoms with van der Waals surface area (Å²) in [6, 6.07) is 18.1. The largest absolute Gasteiger partial charge is 0.378 e.